The number of nitrogens with one attached hydrogen (secondary N) is 2. The van der Waals surface area contributed by atoms with E-state index in [1.807, 2.05) is 13.8 Å². The van der Waals surface area contributed by atoms with E-state index in [1.165, 1.54) is 0 Å². The maximum Gasteiger partial charge on any atom is 0.319 e. The lowest BCUT2D eigenvalue weighted by Crippen LogP contribution is -2.47. The van der Waals surface area contributed by atoms with Crippen LogP contribution in [0.15, 0.2) is 0 Å². The molecule has 2 atom stereocenters. The van der Waals surface area contributed by atoms with Crippen molar-refractivity contribution >= 4 is 17.8 Å². The molecule has 0 radical (unpaired) electrons. The fraction of sp³-hybridized carbons (Fsp3) is 0.800. The molecule has 0 aliphatic heterocycles. The van der Waals surface area contributed by atoms with Crippen molar-refractivity contribution in [3.63, 3.8) is 0 Å². The molecule has 2 saturated carbocycles. The van der Waals surface area contributed by atoms with Gasteiger partial charge in [0, 0.05) is 18.0 Å². The van der Waals surface area contributed by atoms with E-state index in [9.17, 15) is 14.4 Å². The Labute approximate surface area is 124 Å². The Morgan fingerprint density at radius 2 is 1.86 bits per heavy atom. The van der Waals surface area contributed by atoms with E-state index >= 15 is 0 Å². The van der Waals surface area contributed by atoms with E-state index in [1.54, 1.807) is 0 Å². The van der Waals surface area contributed by atoms with E-state index in [4.69, 9.17) is 5.11 Å². The van der Waals surface area contributed by atoms with Crippen LogP contribution >= 0.6 is 0 Å². The van der Waals surface area contributed by atoms with Gasteiger partial charge in [-0.25, -0.2) is 0 Å². The van der Waals surface area contributed by atoms with Crippen molar-refractivity contribution in [2.75, 3.05) is 0 Å². The van der Waals surface area contributed by atoms with Gasteiger partial charge in [-0.2, -0.15) is 0 Å². The smallest absolute Gasteiger partial charge is 0.319 e. The minimum Gasteiger partial charge on any atom is -0.480 e. The quantitative estimate of drug-likeness (QED) is 0.661. The molecule has 6 heteroatoms. The molecule has 21 heavy (non-hydrogen) atoms. The highest BCUT2D eigenvalue weighted by molar-refractivity contribution is 6.04. The third-order valence-electron chi connectivity index (χ3n) is 4.41. The Bertz CT molecular complexity index is 443. The zero-order valence-electron chi connectivity index (χ0n) is 12.6. The second-order valence-corrected chi connectivity index (χ2v) is 6.58. The van der Waals surface area contributed by atoms with E-state index in [0.29, 0.717) is 19.3 Å². The molecule has 0 aromatic rings. The number of rotatable bonds is 5. The van der Waals surface area contributed by atoms with Crippen LogP contribution in [-0.4, -0.2) is 35.0 Å². The molecule has 0 aromatic carbocycles. The number of amides is 2. The van der Waals surface area contributed by atoms with Gasteiger partial charge in [-0.1, -0.05) is 6.42 Å². The van der Waals surface area contributed by atoms with Crippen LogP contribution in [0, 0.1) is 11.3 Å². The van der Waals surface area contributed by atoms with Crippen molar-refractivity contribution in [3.05, 3.63) is 0 Å². The third kappa shape index (κ3) is 3.54. The molecule has 6 nitrogen and oxygen atoms in total. The molecule has 2 rings (SSSR count). The first-order chi connectivity index (χ1) is 9.85. The molecule has 0 bridgehead atoms. The maximum absolute atomic E-state index is 12.1. The predicted octanol–water partition coefficient (Wildman–Crippen LogP) is 1.05. The summed E-state index contributed by atoms with van der Waals surface area (Å²) in [5, 5.41) is 14.9. The largest absolute Gasteiger partial charge is 0.480 e. The molecule has 0 unspecified atom stereocenters. The number of carbonyl (C=O) groups is 3. The lowest BCUT2D eigenvalue weighted by atomic mass is 9.84. The highest BCUT2D eigenvalue weighted by Gasteiger charge is 2.57. The standard InChI is InChI=1S/C15H24N2O4/c1-9(2)16-12(18)10-4-3-5-11(8-10)17-13(19)15(6-7-15)14(20)21/h9-11H,3-8H2,1-2H3,(H,16,18)(H,17,19)(H,20,21)/t10-,11+/m0/s1. The number of carboxylic acid groups (broad SMARTS) is 1. The van der Waals surface area contributed by atoms with Crippen molar-refractivity contribution in [2.24, 2.45) is 11.3 Å². The van der Waals surface area contributed by atoms with Crippen LogP contribution in [0.5, 0.6) is 0 Å². The van der Waals surface area contributed by atoms with E-state index in [2.05, 4.69) is 10.6 Å². The van der Waals surface area contributed by atoms with Gasteiger partial charge in [-0.05, 0) is 46.0 Å². The monoisotopic (exact) mass is 296 g/mol. The van der Waals surface area contributed by atoms with Gasteiger partial charge in [-0.3, -0.25) is 14.4 Å². The fourth-order valence-electron chi connectivity index (χ4n) is 2.95. The second-order valence-electron chi connectivity index (χ2n) is 6.58. The molecule has 3 N–H and O–H groups in total. The Kier molecular flexibility index (Phi) is 4.54. The van der Waals surface area contributed by atoms with Crippen molar-refractivity contribution in [1.29, 1.82) is 0 Å². The van der Waals surface area contributed by atoms with Crippen LogP contribution in [0.4, 0.5) is 0 Å². The van der Waals surface area contributed by atoms with E-state index in [0.717, 1.165) is 19.3 Å². The zero-order valence-corrected chi connectivity index (χ0v) is 12.6. The summed E-state index contributed by atoms with van der Waals surface area (Å²) in [7, 11) is 0. The number of hydrogen-bond acceptors (Lipinski definition) is 3. The highest BCUT2D eigenvalue weighted by atomic mass is 16.4. The van der Waals surface area contributed by atoms with Gasteiger partial charge in [0.25, 0.3) is 0 Å². The topological polar surface area (TPSA) is 95.5 Å². The number of aliphatic carboxylic acids is 1. The Balaban J connectivity index is 1.88. The van der Waals surface area contributed by atoms with Crippen LogP contribution in [0.25, 0.3) is 0 Å². The van der Waals surface area contributed by atoms with Gasteiger partial charge in [-0.15, -0.1) is 0 Å². The summed E-state index contributed by atoms with van der Waals surface area (Å²) in [4.78, 5) is 35.3. The summed E-state index contributed by atoms with van der Waals surface area (Å²) in [6.07, 6.45) is 3.94. The Morgan fingerprint density at radius 1 is 1.19 bits per heavy atom. The van der Waals surface area contributed by atoms with E-state index < -0.39 is 11.4 Å². The summed E-state index contributed by atoms with van der Waals surface area (Å²) in [5.41, 5.74) is -1.20. The van der Waals surface area contributed by atoms with Gasteiger partial charge in [0.2, 0.25) is 11.8 Å². The Hall–Kier alpha value is -1.59. The van der Waals surface area contributed by atoms with E-state index in [-0.39, 0.29) is 29.8 Å². The van der Waals surface area contributed by atoms with Crippen molar-refractivity contribution in [2.45, 2.75) is 64.5 Å². The summed E-state index contributed by atoms with van der Waals surface area (Å²) in [6, 6.07) is 0.0141. The van der Waals surface area contributed by atoms with Crippen LogP contribution < -0.4 is 10.6 Å². The first kappa shape index (κ1) is 15.8. The summed E-state index contributed by atoms with van der Waals surface area (Å²) in [5.74, 6) is -1.48. The summed E-state index contributed by atoms with van der Waals surface area (Å²) < 4.78 is 0. The molecule has 0 aromatic heterocycles. The number of carbonyl (C=O) groups excluding carboxylic acids is 2. The first-order valence-electron chi connectivity index (χ1n) is 7.70. The molecule has 2 aliphatic carbocycles. The van der Waals surface area contributed by atoms with Crippen LogP contribution in [0.3, 0.4) is 0 Å². The number of carboxylic acids is 1. The molecule has 118 valence electrons. The lowest BCUT2D eigenvalue weighted by Gasteiger charge is -2.30. The molecular weight excluding hydrogens is 272 g/mol. The minimum absolute atomic E-state index is 0.0309. The van der Waals surface area contributed by atoms with Crippen LogP contribution in [-0.2, 0) is 14.4 Å². The van der Waals surface area contributed by atoms with Gasteiger partial charge in [0.1, 0.15) is 5.41 Å². The van der Waals surface area contributed by atoms with Crippen molar-refractivity contribution in [1.82, 2.24) is 10.6 Å². The van der Waals surface area contributed by atoms with Crippen LogP contribution in [0.1, 0.15) is 52.4 Å². The zero-order chi connectivity index (χ0) is 15.6. The molecule has 2 fully saturated rings. The maximum atomic E-state index is 12.1. The third-order valence-corrected chi connectivity index (χ3v) is 4.41. The van der Waals surface area contributed by atoms with Gasteiger partial charge < -0.3 is 15.7 Å². The summed E-state index contributed by atoms with van der Waals surface area (Å²) in [6.45, 7) is 3.84. The molecule has 0 saturated heterocycles. The van der Waals surface area contributed by atoms with Crippen LogP contribution in [0.2, 0.25) is 0 Å². The molecular formula is C15H24N2O4. The predicted molar refractivity (Wildman–Crippen MR) is 76.5 cm³/mol. The summed E-state index contributed by atoms with van der Waals surface area (Å²) >= 11 is 0. The average Bonchev–Trinajstić information content (AvgIpc) is 3.19. The van der Waals surface area contributed by atoms with Crippen molar-refractivity contribution in [3.8, 4) is 0 Å². The minimum atomic E-state index is -1.20. The molecule has 2 amide bonds. The SMILES string of the molecule is CC(C)NC(=O)[C@H]1CCC[C@@H](NC(=O)C2(C(=O)O)CC2)C1. The normalized spacial score (nSPS) is 27.0. The van der Waals surface area contributed by atoms with Gasteiger partial charge in [0.05, 0.1) is 0 Å². The fourth-order valence-corrected chi connectivity index (χ4v) is 2.95. The first-order valence-corrected chi connectivity index (χ1v) is 7.70. The molecule has 0 spiro atoms. The highest BCUT2D eigenvalue weighted by Crippen LogP contribution is 2.46. The average molecular weight is 296 g/mol. The Morgan fingerprint density at radius 3 is 2.38 bits per heavy atom. The van der Waals surface area contributed by atoms with Crippen molar-refractivity contribution < 1.29 is 19.5 Å². The number of hydrogen-bond donors (Lipinski definition) is 3. The van der Waals surface area contributed by atoms with Gasteiger partial charge >= 0.3 is 5.97 Å². The molecule has 0 heterocycles. The lowest BCUT2D eigenvalue weighted by molar-refractivity contribution is -0.149. The molecule has 2 aliphatic rings. The second kappa shape index (κ2) is 6.03. The van der Waals surface area contributed by atoms with Gasteiger partial charge in [0.15, 0.2) is 0 Å².